The molecule has 0 N–H and O–H groups in total. The van der Waals surface area contributed by atoms with Gasteiger partial charge in [-0.3, -0.25) is 14.4 Å². The summed E-state index contributed by atoms with van der Waals surface area (Å²) in [4.78, 5) is 13.3. The molecule has 0 saturated carbocycles. The number of nitro groups is 1. The minimum absolute atomic E-state index is 0.000180. The number of hydrogen-bond acceptors (Lipinski definition) is 7. The Morgan fingerprint density at radius 1 is 0.968 bits per heavy atom. The van der Waals surface area contributed by atoms with E-state index in [2.05, 4.69) is 4.90 Å². The molecule has 2 rings (SSSR count). The lowest BCUT2D eigenvalue weighted by molar-refractivity contribution is -0.384. The quantitative estimate of drug-likeness (QED) is 0.359. The lowest BCUT2D eigenvalue weighted by Gasteiger charge is -2.26. The van der Waals surface area contributed by atoms with E-state index in [1.807, 2.05) is 13.8 Å². The topological polar surface area (TPSA) is 102 Å². The number of sulfonamides is 1. The Morgan fingerprint density at radius 2 is 1.61 bits per heavy atom. The number of methoxy groups -OCH3 is 2. The minimum Gasteiger partial charge on any atom is -0.497 e. The Morgan fingerprint density at radius 3 is 2.19 bits per heavy atom. The van der Waals surface area contributed by atoms with E-state index in [1.165, 1.54) is 44.6 Å². The van der Waals surface area contributed by atoms with Crippen LogP contribution in [0.15, 0.2) is 47.4 Å². The zero-order valence-electron chi connectivity index (χ0n) is 18.3. The molecular formula is C21H29N3O6S. The summed E-state index contributed by atoms with van der Waals surface area (Å²) in [6, 6.07) is 10.2. The largest absolute Gasteiger partial charge is 0.497 e. The molecule has 0 bridgehead atoms. The van der Waals surface area contributed by atoms with E-state index in [0.29, 0.717) is 18.7 Å². The smallest absolute Gasteiger partial charge is 0.297 e. The standard InChI is InChI=1S/C21H29N3O6S/c1-5-22(6-2)13-8-14-23(20-12-11-18(30-4)16-21(20)24(25)26)31(27,28)19-10-7-9-17(15-19)29-3/h7,9-12,15-16H,5-6,8,13-14H2,1-4H3. The van der Waals surface area contributed by atoms with Gasteiger partial charge in [-0.05, 0) is 50.3 Å². The van der Waals surface area contributed by atoms with Gasteiger partial charge in [0.25, 0.3) is 15.7 Å². The van der Waals surface area contributed by atoms with E-state index in [1.54, 1.807) is 12.1 Å². The van der Waals surface area contributed by atoms with Crippen molar-refractivity contribution in [3.8, 4) is 11.5 Å². The van der Waals surface area contributed by atoms with Crippen molar-refractivity contribution < 1.29 is 22.8 Å². The van der Waals surface area contributed by atoms with Crippen molar-refractivity contribution in [3.63, 3.8) is 0 Å². The summed E-state index contributed by atoms with van der Waals surface area (Å²) in [5.41, 5.74) is -0.346. The fraction of sp³-hybridized carbons (Fsp3) is 0.429. The summed E-state index contributed by atoms with van der Waals surface area (Å²) in [5.74, 6) is 0.658. The highest BCUT2D eigenvalue weighted by atomic mass is 32.2. The minimum atomic E-state index is -4.08. The average Bonchev–Trinajstić information content (AvgIpc) is 2.78. The Hall–Kier alpha value is -2.85. The zero-order chi connectivity index (χ0) is 23.0. The first-order valence-electron chi connectivity index (χ1n) is 10.00. The predicted octanol–water partition coefficient (Wildman–Crippen LogP) is 3.54. The van der Waals surface area contributed by atoms with Gasteiger partial charge in [-0.25, -0.2) is 8.42 Å². The molecule has 0 spiro atoms. The third-order valence-corrected chi connectivity index (χ3v) is 6.82. The second-order valence-electron chi connectivity index (χ2n) is 6.75. The molecule has 0 aliphatic heterocycles. The van der Waals surface area contributed by atoms with Crippen molar-refractivity contribution in [2.24, 2.45) is 0 Å². The fourth-order valence-electron chi connectivity index (χ4n) is 3.22. The van der Waals surface area contributed by atoms with Gasteiger partial charge in [0.1, 0.15) is 17.2 Å². The lowest BCUT2D eigenvalue weighted by atomic mass is 10.2. The van der Waals surface area contributed by atoms with Crippen LogP contribution in [0.1, 0.15) is 20.3 Å². The number of benzene rings is 2. The molecule has 2 aromatic carbocycles. The number of nitro benzene ring substituents is 1. The van der Waals surface area contributed by atoms with E-state index in [9.17, 15) is 18.5 Å². The second-order valence-corrected chi connectivity index (χ2v) is 8.61. The van der Waals surface area contributed by atoms with Gasteiger partial charge >= 0.3 is 0 Å². The molecule has 2 aromatic rings. The molecule has 0 saturated heterocycles. The molecule has 170 valence electrons. The van der Waals surface area contributed by atoms with E-state index < -0.39 is 14.9 Å². The molecule has 10 heteroatoms. The van der Waals surface area contributed by atoms with Crippen molar-refractivity contribution in [1.82, 2.24) is 4.90 Å². The van der Waals surface area contributed by atoms with Crippen LogP contribution in [-0.2, 0) is 10.0 Å². The summed E-state index contributed by atoms with van der Waals surface area (Å²) in [7, 11) is -1.24. The van der Waals surface area contributed by atoms with Gasteiger partial charge < -0.3 is 14.4 Å². The summed E-state index contributed by atoms with van der Waals surface area (Å²) in [6.45, 7) is 6.49. The number of rotatable bonds is 12. The van der Waals surface area contributed by atoms with Crippen LogP contribution in [0.2, 0.25) is 0 Å². The second kappa shape index (κ2) is 11.0. The maximum absolute atomic E-state index is 13.5. The van der Waals surface area contributed by atoms with Crippen molar-refractivity contribution in [3.05, 3.63) is 52.6 Å². The third-order valence-electron chi connectivity index (χ3n) is 5.01. The van der Waals surface area contributed by atoms with Gasteiger partial charge in [-0.2, -0.15) is 0 Å². The highest BCUT2D eigenvalue weighted by Crippen LogP contribution is 2.36. The molecule has 0 amide bonds. The van der Waals surface area contributed by atoms with Crippen molar-refractivity contribution in [1.29, 1.82) is 0 Å². The number of anilines is 1. The van der Waals surface area contributed by atoms with Gasteiger partial charge in [-0.15, -0.1) is 0 Å². The maximum Gasteiger partial charge on any atom is 0.297 e. The number of ether oxygens (including phenoxy) is 2. The fourth-order valence-corrected chi connectivity index (χ4v) is 4.78. The first-order valence-corrected chi connectivity index (χ1v) is 11.4. The van der Waals surface area contributed by atoms with E-state index >= 15 is 0 Å². The Balaban J connectivity index is 2.54. The summed E-state index contributed by atoms with van der Waals surface area (Å²) in [5, 5.41) is 11.7. The summed E-state index contributed by atoms with van der Waals surface area (Å²) in [6.07, 6.45) is 0.508. The van der Waals surface area contributed by atoms with Gasteiger partial charge in [0.2, 0.25) is 0 Å². The van der Waals surface area contributed by atoms with Gasteiger partial charge in [0, 0.05) is 12.6 Å². The van der Waals surface area contributed by atoms with Gasteiger partial charge in [0.15, 0.2) is 0 Å². The summed E-state index contributed by atoms with van der Waals surface area (Å²) < 4.78 is 38.4. The number of hydrogen-bond donors (Lipinski definition) is 0. The zero-order valence-corrected chi connectivity index (χ0v) is 19.1. The predicted molar refractivity (Wildman–Crippen MR) is 120 cm³/mol. The molecule has 0 aliphatic carbocycles. The van der Waals surface area contributed by atoms with Crippen molar-refractivity contribution >= 4 is 21.4 Å². The van der Waals surface area contributed by atoms with Crippen molar-refractivity contribution in [2.45, 2.75) is 25.2 Å². The van der Waals surface area contributed by atoms with E-state index in [-0.39, 0.29) is 28.6 Å². The molecule has 0 radical (unpaired) electrons. The van der Waals surface area contributed by atoms with Crippen LogP contribution < -0.4 is 13.8 Å². The molecule has 0 aromatic heterocycles. The SMILES string of the molecule is CCN(CC)CCCN(c1ccc(OC)cc1[N+](=O)[O-])S(=O)(=O)c1cccc(OC)c1. The highest BCUT2D eigenvalue weighted by Gasteiger charge is 2.31. The maximum atomic E-state index is 13.5. The molecule has 0 fully saturated rings. The molecular weight excluding hydrogens is 422 g/mol. The van der Waals surface area contributed by atoms with E-state index in [4.69, 9.17) is 9.47 Å². The monoisotopic (exact) mass is 451 g/mol. The molecule has 0 heterocycles. The van der Waals surface area contributed by atoms with Gasteiger partial charge in [0.05, 0.1) is 30.1 Å². The van der Waals surface area contributed by atoms with Crippen molar-refractivity contribution in [2.75, 3.05) is 44.7 Å². The van der Waals surface area contributed by atoms with Crippen LogP contribution in [0.25, 0.3) is 0 Å². The summed E-state index contributed by atoms with van der Waals surface area (Å²) >= 11 is 0. The molecule has 0 unspecified atom stereocenters. The Labute approximate surface area is 183 Å². The van der Waals surface area contributed by atoms with Gasteiger partial charge in [-0.1, -0.05) is 19.9 Å². The van der Waals surface area contributed by atoms with Crippen LogP contribution in [0.5, 0.6) is 11.5 Å². The van der Waals surface area contributed by atoms with E-state index in [0.717, 1.165) is 17.4 Å². The molecule has 0 atom stereocenters. The van der Waals surface area contributed by atoms with Crippen LogP contribution in [0.3, 0.4) is 0 Å². The first kappa shape index (κ1) is 24.4. The highest BCUT2D eigenvalue weighted by molar-refractivity contribution is 7.92. The third kappa shape index (κ3) is 5.86. The molecule has 9 nitrogen and oxygen atoms in total. The van der Waals surface area contributed by atoms with Crippen LogP contribution in [-0.4, -0.2) is 58.6 Å². The normalized spacial score (nSPS) is 11.4. The number of nitrogens with zero attached hydrogens (tertiary/aromatic N) is 3. The Bertz CT molecular complexity index is 992. The molecule has 0 aliphatic rings. The Kier molecular flexibility index (Phi) is 8.64. The van der Waals surface area contributed by atoms with Crippen LogP contribution >= 0.6 is 0 Å². The lowest BCUT2D eigenvalue weighted by Crippen LogP contribution is -2.35. The van der Waals surface area contributed by atoms with Crippen LogP contribution in [0.4, 0.5) is 11.4 Å². The van der Waals surface area contributed by atoms with Crippen LogP contribution in [0, 0.1) is 10.1 Å². The average molecular weight is 452 g/mol. The first-order chi connectivity index (χ1) is 14.8. The molecule has 31 heavy (non-hydrogen) atoms.